The molecule has 0 aliphatic carbocycles. The summed E-state index contributed by atoms with van der Waals surface area (Å²) in [4.78, 5) is 14.2. The Balaban J connectivity index is 1.49. The molecular weight excluding hydrogens is 284 g/mol. The first-order valence-electron chi connectivity index (χ1n) is 7.37. The number of aryl methyl sites for hydroxylation is 2. The average Bonchev–Trinajstić information content (AvgIpc) is 3.16. The minimum Gasteiger partial charge on any atom is -0.343 e. The van der Waals surface area contributed by atoms with Gasteiger partial charge in [-0.25, -0.2) is 0 Å². The summed E-state index contributed by atoms with van der Waals surface area (Å²) in [6.45, 7) is 1.67. The van der Waals surface area contributed by atoms with Crippen LogP contribution < -0.4 is 0 Å². The Morgan fingerprint density at radius 3 is 2.86 bits per heavy atom. The van der Waals surface area contributed by atoms with Gasteiger partial charge in [-0.05, 0) is 41.7 Å². The summed E-state index contributed by atoms with van der Waals surface area (Å²) in [6.07, 6.45) is 5.18. The van der Waals surface area contributed by atoms with Crippen molar-refractivity contribution in [2.75, 3.05) is 13.1 Å². The minimum absolute atomic E-state index is 0.276. The number of likely N-dealkylation sites (tertiary alicyclic amines) is 1. The predicted octanol–water partition coefficient (Wildman–Crippen LogP) is 2.22. The van der Waals surface area contributed by atoms with E-state index in [0.29, 0.717) is 12.3 Å². The summed E-state index contributed by atoms with van der Waals surface area (Å²) in [6, 6.07) is 2.10. The van der Waals surface area contributed by atoms with Gasteiger partial charge in [-0.15, -0.1) is 10.2 Å². The standard InChI is InChI=1S/C15H20N4OS/c1-18-11-16-17-15(18)13-4-7-19(8-5-13)14(20)3-2-12-6-9-21-10-12/h6,9-11,13H,2-5,7-8H2,1H3. The lowest BCUT2D eigenvalue weighted by molar-refractivity contribution is -0.132. The topological polar surface area (TPSA) is 51.0 Å². The summed E-state index contributed by atoms with van der Waals surface area (Å²) in [5, 5.41) is 12.3. The Labute approximate surface area is 128 Å². The molecule has 1 saturated heterocycles. The molecule has 1 aliphatic rings. The Kier molecular flexibility index (Phi) is 4.34. The summed E-state index contributed by atoms with van der Waals surface area (Å²) < 4.78 is 1.98. The molecule has 0 radical (unpaired) electrons. The smallest absolute Gasteiger partial charge is 0.222 e. The largest absolute Gasteiger partial charge is 0.343 e. The Bertz CT molecular complexity index is 585. The third-order valence-corrected chi connectivity index (χ3v) is 4.90. The Hall–Kier alpha value is -1.69. The normalized spacial score (nSPS) is 16.3. The van der Waals surface area contributed by atoms with Crippen molar-refractivity contribution in [2.45, 2.75) is 31.6 Å². The van der Waals surface area contributed by atoms with E-state index in [4.69, 9.17) is 0 Å². The number of hydrogen-bond donors (Lipinski definition) is 0. The zero-order chi connectivity index (χ0) is 14.7. The van der Waals surface area contributed by atoms with Gasteiger partial charge >= 0.3 is 0 Å². The van der Waals surface area contributed by atoms with E-state index in [1.165, 1.54) is 5.56 Å². The van der Waals surface area contributed by atoms with E-state index in [2.05, 4.69) is 27.0 Å². The number of carbonyl (C=O) groups excluding carboxylic acids is 1. The zero-order valence-electron chi connectivity index (χ0n) is 12.2. The molecule has 0 aromatic carbocycles. The van der Waals surface area contributed by atoms with Crippen molar-refractivity contribution in [1.29, 1.82) is 0 Å². The first-order chi connectivity index (χ1) is 10.2. The molecule has 6 heteroatoms. The fourth-order valence-corrected chi connectivity index (χ4v) is 3.60. The SMILES string of the molecule is Cn1cnnc1C1CCN(C(=O)CCc2ccsc2)CC1. The van der Waals surface area contributed by atoms with Crippen LogP contribution >= 0.6 is 11.3 Å². The van der Waals surface area contributed by atoms with Crippen LogP contribution in [-0.2, 0) is 18.3 Å². The van der Waals surface area contributed by atoms with Crippen LogP contribution in [0.25, 0.3) is 0 Å². The highest BCUT2D eigenvalue weighted by molar-refractivity contribution is 7.07. The summed E-state index contributed by atoms with van der Waals surface area (Å²) in [5.74, 6) is 1.75. The van der Waals surface area contributed by atoms with Gasteiger partial charge in [0.2, 0.25) is 5.91 Å². The molecule has 112 valence electrons. The number of amides is 1. The van der Waals surface area contributed by atoms with E-state index in [1.807, 2.05) is 16.5 Å². The van der Waals surface area contributed by atoms with Crippen molar-refractivity contribution in [3.8, 4) is 0 Å². The maximum atomic E-state index is 12.2. The molecule has 1 amide bonds. The van der Waals surface area contributed by atoms with Crippen LogP contribution in [0.1, 0.15) is 36.6 Å². The van der Waals surface area contributed by atoms with Gasteiger partial charge in [0.1, 0.15) is 12.2 Å². The van der Waals surface area contributed by atoms with E-state index in [0.717, 1.165) is 38.2 Å². The molecule has 0 atom stereocenters. The van der Waals surface area contributed by atoms with Crippen molar-refractivity contribution in [2.24, 2.45) is 7.05 Å². The molecule has 0 bridgehead atoms. The Morgan fingerprint density at radius 2 is 2.24 bits per heavy atom. The van der Waals surface area contributed by atoms with Crippen molar-refractivity contribution in [3.63, 3.8) is 0 Å². The lowest BCUT2D eigenvalue weighted by Gasteiger charge is -2.31. The van der Waals surface area contributed by atoms with E-state index >= 15 is 0 Å². The molecule has 3 rings (SSSR count). The van der Waals surface area contributed by atoms with Gasteiger partial charge in [-0.1, -0.05) is 0 Å². The third kappa shape index (κ3) is 3.32. The van der Waals surface area contributed by atoms with Crippen LogP contribution in [0, 0.1) is 0 Å². The highest BCUT2D eigenvalue weighted by atomic mass is 32.1. The molecule has 3 heterocycles. The highest BCUT2D eigenvalue weighted by Gasteiger charge is 2.26. The summed E-state index contributed by atoms with van der Waals surface area (Å²) in [7, 11) is 1.98. The molecular formula is C15H20N4OS. The molecule has 1 fully saturated rings. The van der Waals surface area contributed by atoms with Crippen molar-refractivity contribution >= 4 is 17.2 Å². The second-order valence-electron chi connectivity index (χ2n) is 5.59. The summed E-state index contributed by atoms with van der Waals surface area (Å²) in [5.41, 5.74) is 1.27. The molecule has 0 unspecified atom stereocenters. The van der Waals surface area contributed by atoms with Gasteiger partial charge in [0.05, 0.1) is 0 Å². The molecule has 2 aromatic heterocycles. The first-order valence-corrected chi connectivity index (χ1v) is 8.31. The van der Waals surface area contributed by atoms with Gasteiger partial charge in [-0.2, -0.15) is 11.3 Å². The zero-order valence-corrected chi connectivity index (χ0v) is 13.1. The van der Waals surface area contributed by atoms with Gasteiger partial charge < -0.3 is 9.47 Å². The van der Waals surface area contributed by atoms with Crippen LogP contribution in [0.15, 0.2) is 23.2 Å². The predicted molar refractivity (Wildman–Crippen MR) is 82.2 cm³/mol. The number of nitrogens with zero attached hydrogens (tertiary/aromatic N) is 4. The minimum atomic E-state index is 0.276. The molecule has 21 heavy (non-hydrogen) atoms. The van der Waals surface area contributed by atoms with E-state index in [9.17, 15) is 4.79 Å². The lowest BCUT2D eigenvalue weighted by Crippen LogP contribution is -2.38. The van der Waals surface area contributed by atoms with Crippen molar-refractivity contribution in [1.82, 2.24) is 19.7 Å². The fraction of sp³-hybridized carbons (Fsp3) is 0.533. The summed E-state index contributed by atoms with van der Waals surface area (Å²) >= 11 is 1.69. The number of aromatic nitrogens is 3. The molecule has 2 aromatic rings. The Morgan fingerprint density at radius 1 is 1.43 bits per heavy atom. The second-order valence-corrected chi connectivity index (χ2v) is 6.37. The molecule has 0 spiro atoms. The van der Waals surface area contributed by atoms with Crippen molar-refractivity contribution in [3.05, 3.63) is 34.5 Å². The fourth-order valence-electron chi connectivity index (χ4n) is 2.89. The third-order valence-electron chi connectivity index (χ3n) is 4.17. The monoisotopic (exact) mass is 304 g/mol. The number of hydrogen-bond acceptors (Lipinski definition) is 4. The highest BCUT2D eigenvalue weighted by Crippen LogP contribution is 2.26. The van der Waals surface area contributed by atoms with Gasteiger partial charge in [0.15, 0.2) is 0 Å². The quantitative estimate of drug-likeness (QED) is 0.870. The molecule has 0 saturated carbocycles. The van der Waals surface area contributed by atoms with E-state index < -0.39 is 0 Å². The van der Waals surface area contributed by atoms with Crippen LogP contribution in [0.3, 0.4) is 0 Å². The second kappa shape index (κ2) is 6.39. The number of thiophene rings is 1. The lowest BCUT2D eigenvalue weighted by atomic mass is 9.95. The number of piperidine rings is 1. The van der Waals surface area contributed by atoms with Crippen molar-refractivity contribution < 1.29 is 4.79 Å². The average molecular weight is 304 g/mol. The van der Waals surface area contributed by atoms with Crippen LogP contribution in [0.5, 0.6) is 0 Å². The van der Waals surface area contributed by atoms with Gasteiger partial charge in [-0.3, -0.25) is 4.79 Å². The number of rotatable bonds is 4. The maximum Gasteiger partial charge on any atom is 0.222 e. The first kappa shape index (κ1) is 14.3. The molecule has 1 aliphatic heterocycles. The van der Waals surface area contributed by atoms with E-state index in [-0.39, 0.29) is 5.91 Å². The van der Waals surface area contributed by atoms with E-state index in [1.54, 1.807) is 17.7 Å². The number of carbonyl (C=O) groups is 1. The molecule has 0 N–H and O–H groups in total. The van der Waals surface area contributed by atoms with Crippen LogP contribution in [-0.4, -0.2) is 38.7 Å². The molecule has 5 nitrogen and oxygen atoms in total. The van der Waals surface area contributed by atoms with Gasteiger partial charge in [0.25, 0.3) is 0 Å². The van der Waals surface area contributed by atoms with Crippen LogP contribution in [0.4, 0.5) is 0 Å². The van der Waals surface area contributed by atoms with Gasteiger partial charge in [0, 0.05) is 32.5 Å². The maximum absolute atomic E-state index is 12.2. The van der Waals surface area contributed by atoms with Crippen LogP contribution in [0.2, 0.25) is 0 Å².